The number of rotatable bonds is 3. The molecule has 0 fully saturated rings. The van der Waals surface area contributed by atoms with Crippen molar-refractivity contribution < 1.29 is 14.2 Å². The predicted molar refractivity (Wildman–Crippen MR) is 175 cm³/mol. The highest BCUT2D eigenvalue weighted by molar-refractivity contribution is 6.32. The highest BCUT2D eigenvalue weighted by atomic mass is 16.5. The first-order chi connectivity index (χ1) is 19.5. The van der Waals surface area contributed by atoms with E-state index in [2.05, 4.69) is 74.4 Å². The second kappa shape index (κ2) is 8.59. The Labute approximate surface area is 246 Å². The fourth-order valence-electron chi connectivity index (χ4n) is 6.99. The Morgan fingerprint density at radius 2 is 0.905 bits per heavy atom. The topological polar surface area (TPSA) is 61.8 Å². The molecule has 4 aromatic rings. The van der Waals surface area contributed by atoms with E-state index in [4.69, 9.17) is 14.2 Å². The molecule has 0 bridgehead atoms. The fraction of sp³-hybridized carbons (Fsp3) is 0.405. The molecule has 5 heteroatoms. The number of hydrogen-bond donors (Lipinski definition) is 0. The second-order valence-electron chi connectivity index (χ2n) is 14.8. The van der Waals surface area contributed by atoms with E-state index in [0.29, 0.717) is 38.6 Å². The number of benzene rings is 6. The molecule has 0 amide bonds. The Morgan fingerprint density at radius 3 is 1.43 bits per heavy atom. The van der Waals surface area contributed by atoms with Crippen molar-refractivity contribution in [1.82, 2.24) is 0 Å². The monoisotopic (exact) mass is 564 g/mol. The Bertz CT molecular complexity index is 2100. The zero-order valence-corrected chi connectivity index (χ0v) is 26.9. The van der Waals surface area contributed by atoms with Gasteiger partial charge in [-0.2, -0.15) is 0 Å². The molecule has 0 saturated heterocycles. The average molecular weight is 565 g/mol. The van der Waals surface area contributed by atoms with Crippen molar-refractivity contribution in [2.75, 3.05) is 21.3 Å². The number of hydrogen-bond acceptors (Lipinski definition) is 5. The van der Waals surface area contributed by atoms with Crippen LogP contribution in [0.3, 0.4) is 0 Å². The molecule has 0 N–H and O–H groups in total. The summed E-state index contributed by atoms with van der Waals surface area (Å²) in [5, 5.41) is 5.56. The summed E-state index contributed by atoms with van der Waals surface area (Å²) >= 11 is 0. The number of ether oxygens (including phenoxy) is 3. The zero-order chi connectivity index (χ0) is 30.8. The Morgan fingerprint density at radius 1 is 0.452 bits per heavy atom. The van der Waals surface area contributed by atoms with Gasteiger partial charge in [-0.15, -0.1) is 0 Å². The zero-order valence-electron chi connectivity index (χ0n) is 26.9. The SMILES string of the molecule is COc1c(C(C)(C)C)cc2c3c1c(=O)c1cc(C(C)(C)C)c(OC)c4cc5cc(C(C)(C)C)c(OC)c(c2=O)c5c-3c41. The minimum atomic E-state index is -0.382. The quantitative estimate of drug-likeness (QED) is 0.160. The first kappa shape index (κ1) is 28.3. The van der Waals surface area contributed by atoms with Crippen LogP contribution in [0.4, 0.5) is 0 Å². The molecule has 0 aliphatic heterocycles. The van der Waals surface area contributed by atoms with Gasteiger partial charge in [0.05, 0.1) is 32.1 Å². The van der Waals surface area contributed by atoms with Crippen molar-refractivity contribution in [3.05, 3.63) is 61.4 Å². The molecule has 0 spiro atoms. The number of methoxy groups -OCH3 is 3. The van der Waals surface area contributed by atoms with E-state index in [1.165, 1.54) is 0 Å². The van der Waals surface area contributed by atoms with E-state index >= 15 is 0 Å². The van der Waals surface area contributed by atoms with E-state index < -0.39 is 0 Å². The van der Waals surface area contributed by atoms with Gasteiger partial charge in [0, 0.05) is 54.7 Å². The first-order valence-corrected chi connectivity index (χ1v) is 14.6. The highest BCUT2D eigenvalue weighted by Gasteiger charge is 2.36. The third-order valence-corrected chi connectivity index (χ3v) is 8.94. The van der Waals surface area contributed by atoms with Gasteiger partial charge in [-0.1, -0.05) is 62.3 Å². The summed E-state index contributed by atoms with van der Waals surface area (Å²) in [4.78, 5) is 29.4. The lowest BCUT2D eigenvalue weighted by Gasteiger charge is -2.31. The maximum Gasteiger partial charge on any atom is 0.198 e. The maximum atomic E-state index is 14.7. The molecule has 4 aromatic carbocycles. The molecule has 0 radical (unpaired) electrons. The summed E-state index contributed by atoms with van der Waals surface area (Å²) in [7, 11) is 4.93. The van der Waals surface area contributed by atoms with Gasteiger partial charge in [-0.3, -0.25) is 9.59 Å². The van der Waals surface area contributed by atoms with Crippen LogP contribution >= 0.6 is 0 Å². The van der Waals surface area contributed by atoms with Gasteiger partial charge in [-0.25, -0.2) is 0 Å². The van der Waals surface area contributed by atoms with Crippen LogP contribution in [0.15, 0.2) is 33.9 Å². The van der Waals surface area contributed by atoms with Gasteiger partial charge in [0.25, 0.3) is 0 Å². The van der Waals surface area contributed by atoms with Gasteiger partial charge in [-0.05, 0) is 45.9 Å². The predicted octanol–water partition coefficient (Wildman–Crippen LogP) is 8.36. The minimum absolute atomic E-state index is 0.131. The van der Waals surface area contributed by atoms with Crippen LogP contribution in [0.25, 0.3) is 54.2 Å². The average Bonchev–Trinajstić information content (AvgIpc) is 2.89. The summed E-state index contributed by atoms with van der Waals surface area (Å²) in [5.41, 5.74) is 3.06. The Kier molecular flexibility index (Phi) is 5.78. The molecule has 0 heterocycles. The second-order valence-corrected chi connectivity index (χ2v) is 14.8. The molecule has 0 saturated carbocycles. The van der Waals surface area contributed by atoms with Crippen molar-refractivity contribution in [2.45, 2.75) is 78.6 Å². The molecular weight excluding hydrogens is 524 g/mol. The van der Waals surface area contributed by atoms with Crippen LogP contribution in [-0.4, -0.2) is 21.3 Å². The van der Waals surface area contributed by atoms with Gasteiger partial charge >= 0.3 is 0 Å². The fourth-order valence-corrected chi connectivity index (χ4v) is 6.99. The van der Waals surface area contributed by atoms with Crippen molar-refractivity contribution in [1.29, 1.82) is 0 Å². The maximum absolute atomic E-state index is 14.7. The van der Waals surface area contributed by atoms with Gasteiger partial charge in [0.15, 0.2) is 10.9 Å². The van der Waals surface area contributed by atoms with E-state index in [1.807, 2.05) is 12.1 Å². The summed E-state index contributed by atoms with van der Waals surface area (Å²) < 4.78 is 18.2. The van der Waals surface area contributed by atoms with E-state index in [1.54, 1.807) is 21.3 Å². The largest absolute Gasteiger partial charge is 0.496 e. The van der Waals surface area contributed by atoms with Crippen molar-refractivity contribution in [2.24, 2.45) is 0 Å². The summed E-state index contributed by atoms with van der Waals surface area (Å²) in [6.07, 6.45) is 0. The standard InChI is InChI=1S/C37H40O5/c1-35(2,3)21-14-17-13-20-25-18(15-22(32(20)40-10)36(4,5)6)30(38)29-26-19(16-23(34(29)42-12)37(7,8)9)31(39)28(33(21)41-11)24(17)27(25)26/h13-16H,1-12H3. The minimum Gasteiger partial charge on any atom is -0.496 e. The van der Waals surface area contributed by atoms with Crippen LogP contribution in [-0.2, 0) is 16.2 Å². The van der Waals surface area contributed by atoms with Crippen molar-refractivity contribution in [3.8, 4) is 28.4 Å². The normalized spacial score (nSPS) is 13.4. The van der Waals surface area contributed by atoms with Crippen molar-refractivity contribution >= 4 is 43.1 Å². The van der Waals surface area contributed by atoms with Crippen LogP contribution in [0.1, 0.15) is 79.0 Å². The van der Waals surface area contributed by atoms with Crippen LogP contribution in [0.5, 0.6) is 17.2 Å². The van der Waals surface area contributed by atoms with E-state index in [9.17, 15) is 9.59 Å². The first-order valence-electron chi connectivity index (χ1n) is 14.6. The molecule has 0 atom stereocenters. The lowest BCUT2D eigenvalue weighted by atomic mass is 9.74. The Balaban J connectivity index is 2.11. The van der Waals surface area contributed by atoms with E-state index in [-0.39, 0.29) is 27.1 Å². The van der Waals surface area contributed by atoms with Crippen LogP contribution < -0.4 is 25.1 Å². The van der Waals surface area contributed by atoms with Gasteiger partial charge in [0.1, 0.15) is 17.2 Å². The van der Waals surface area contributed by atoms with E-state index in [0.717, 1.165) is 49.5 Å². The molecule has 5 nitrogen and oxygen atoms in total. The smallest absolute Gasteiger partial charge is 0.198 e. The molecule has 6 rings (SSSR count). The third-order valence-electron chi connectivity index (χ3n) is 8.94. The van der Waals surface area contributed by atoms with Crippen LogP contribution in [0, 0.1) is 0 Å². The highest BCUT2D eigenvalue weighted by Crippen LogP contribution is 2.54. The molecule has 2 aliphatic carbocycles. The van der Waals surface area contributed by atoms with Crippen molar-refractivity contribution in [3.63, 3.8) is 0 Å². The van der Waals surface area contributed by atoms with Gasteiger partial charge in [0.2, 0.25) is 0 Å². The van der Waals surface area contributed by atoms with Crippen LogP contribution in [0.2, 0.25) is 0 Å². The Hall–Kier alpha value is -3.86. The molecular formula is C37H40O5. The summed E-state index contributed by atoms with van der Waals surface area (Å²) in [6, 6.07) is 8.18. The third kappa shape index (κ3) is 3.55. The molecule has 2 aliphatic rings. The molecule has 42 heavy (non-hydrogen) atoms. The van der Waals surface area contributed by atoms with Gasteiger partial charge < -0.3 is 14.2 Å². The lowest BCUT2D eigenvalue weighted by molar-refractivity contribution is 0.402. The lowest BCUT2D eigenvalue weighted by Crippen LogP contribution is -2.21. The molecule has 0 unspecified atom stereocenters. The summed E-state index contributed by atoms with van der Waals surface area (Å²) in [6.45, 7) is 19.0. The summed E-state index contributed by atoms with van der Waals surface area (Å²) in [5.74, 6) is 1.87. The molecule has 218 valence electrons. The molecule has 0 aromatic heterocycles.